The van der Waals surface area contributed by atoms with Gasteiger partial charge in [0, 0.05) is 32.9 Å². The Hall–Kier alpha value is -3.88. The van der Waals surface area contributed by atoms with Gasteiger partial charge in [0.25, 0.3) is 11.8 Å². The van der Waals surface area contributed by atoms with Gasteiger partial charge in [-0.2, -0.15) is 9.97 Å². The molecule has 1 aromatic carbocycles. The molecule has 2 aromatic heterocycles. The minimum Gasteiger partial charge on any atom is -0.481 e. The van der Waals surface area contributed by atoms with Crippen LogP contribution in [0.4, 0.5) is 0 Å². The van der Waals surface area contributed by atoms with Crippen LogP contribution in [0, 0.1) is 0 Å². The van der Waals surface area contributed by atoms with Gasteiger partial charge in [-0.25, -0.2) is 0 Å². The second-order valence-corrected chi connectivity index (χ2v) is 7.58. The van der Waals surface area contributed by atoms with E-state index in [4.69, 9.17) is 9.47 Å². The summed E-state index contributed by atoms with van der Waals surface area (Å²) in [7, 11) is 6.47. The minimum absolute atomic E-state index is 0.0143. The van der Waals surface area contributed by atoms with Gasteiger partial charge < -0.3 is 24.3 Å². The fourth-order valence-electron chi connectivity index (χ4n) is 3.49. The number of amides is 2. The van der Waals surface area contributed by atoms with Gasteiger partial charge in [0.2, 0.25) is 17.6 Å². The molecule has 0 saturated heterocycles. The van der Waals surface area contributed by atoms with E-state index in [1.807, 2.05) is 49.6 Å². The van der Waals surface area contributed by atoms with E-state index in [9.17, 15) is 9.59 Å². The molecule has 0 bridgehead atoms. The Morgan fingerprint density at radius 1 is 1.06 bits per heavy atom. The molecule has 2 amide bonds. The first kappa shape index (κ1) is 23.8. The van der Waals surface area contributed by atoms with Crippen LogP contribution in [-0.4, -0.2) is 65.1 Å². The number of ether oxygens (including phenoxy) is 2. The van der Waals surface area contributed by atoms with Gasteiger partial charge in [0.1, 0.15) is 5.69 Å². The second kappa shape index (κ2) is 11.1. The van der Waals surface area contributed by atoms with E-state index in [1.165, 1.54) is 20.3 Å². The van der Waals surface area contributed by atoms with E-state index in [1.54, 1.807) is 22.6 Å². The molecule has 0 unspecified atom stereocenters. The Morgan fingerprint density at radius 3 is 2.30 bits per heavy atom. The monoisotopic (exact) mass is 451 g/mol. The molecule has 1 N–H and O–H groups in total. The Morgan fingerprint density at radius 2 is 1.73 bits per heavy atom. The van der Waals surface area contributed by atoms with Crippen molar-refractivity contribution in [2.24, 2.45) is 7.05 Å². The average Bonchev–Trinajstić information content (AvgIpc) is 3.28. The number of carbonyl (C=O) groups is 2. The summed E-state index contributed by atoms with van der Waals surface area (Å²) < 4.78 is 12.1. The maximum absolute atomic E-state index is 13.2. The van der Waals surface area contributed by atoms with Crippen molar-refractivity contribution in [2.45, 2.75) is 18.9 Å². The van der Waals surface area contributed by atoms with Crippen LogP contribution in [0.1, 0.15) is 33.1 Å². The molecule has 2 heterocycles. The van der Waals surface area contributed by atoms with Crippen molar-refractivity contribution >= 4 is 11.8 Å². The van der Waals surface area contributed by atoms with Crippen LogP contribution in [0.15, 0.2) is 54.7 Å². The smallest absolute Gasteiger partial charge is 0.291 e. The zero-order chi connectivity index (χ0) is 23.8. The number of rotatable bonds is 10. The van der Waals surface area contributed by atoms with Crippen molar-refractivity contribution in [2.75, 3.05) is 27.8 Å². The molecular formula is C24H29N5O4. The number of methoxy groups -OCH3 is 2. The summed E-state index contributed by atoms with van der Waals surface area (Å²) in [4.78, 5) is 35.7. The van der Waals surface area contributed by atoms with E-state index in [0.717, 1.165) is 5.56 Å². The van der Waals surface area contributed by atoms with Crippen molar-refractivity contribution in [1.82, 2.24) is 24.8 Å². The molecule has 9 nitrogen and oxygen atoms in total. The fraction of sp³-hybridized carbons (Fsp3) is 0.333. The van der Waals surface area contributed by atoms with Gasteiger partial charge in [-0.05, 0) is 30.5 Å². The Labute approximate surface area is 193 Å². The molecule has 0 aliphatic rings. The van der Waals surface area contributed by atoms with Gasteiger partial charge in [-0.3, -0.25) is 9.59 Å². The average molecular weight is 452 g/mol. The predicted molar refractivity (Wildman–Crippen MR) is 124 cm³/mol. The lowest BCUT2D eigenvalue weighted by Gasteiger charge is -2.28. The van der Waals surface area contributed by atoms with Crippen LogP contribution in [0.5, 0.6) is 11.8 Å². The molecule has 9 heteroatoms. The molecule has 0 spiro atoms. The van der Waals surface area contributed by atoms with Gasteiger partial charge in [0.15, 0.2) is 0 Å². The molecule has 3 rings (SSSR count). The molecule has 1 atom stereocenters. The Balaban J connectivity index is 1.76. The largest absolute Gasteiger partial charge is 0.481 e. The highest BCUT2D eigenvalue weighted by molar-refractivity contribution is 5.92. The first-order valence-electron chi connectivity index (χ1n) is 10.6. The molecule has 0 radical (unpaired) electrons. The van der Waals surface area contributed by atoms with Crippen LogP contribution in [0.2, 0.25) is 0 Å². The van der Waals surface area contributed by atoms with E-state index >= 15 is 0 Å². The summed E-state index contributed by atoms with van der Waals surface area (Å²) in [6.45, 7) is 0.404. The van der Waals surface area contributed by atoms with Crippen LogP contribution in [-0.2, 0) is 13.5 Å². The highest BCUT2D eigenvalue weighted by Gasteiger charge is 2.25. The van der Waals surface area contributed by atoms with Gasteiger partial charge in [-0.15, -0.1) is 0 Å². The Bertz CT molecular complexity index is 1060. The maximum atomic E-state index is 13.2. The number of hydrogen-bond donors (Lipinski definition) is 1. The molecule has 0 saturated carbocycles. The highest BCUT2D eigenvalue weighted by Crippen LogP contribution is 2.18. The third-order valence-corrected chi connectivity index (χ3v) is 5.41. The maximum Gasteiger partial charge on any atom is 0.291 e. The molecular weight excluding hydrogens is 422 g/mol. The van der Waals surface area contributed by atoms with Gasteiger partial charge in [-0.1, -0.05) is 30.3 Å². The van der Waals surface area contributed by atoms with Gasteiger partial charge >= 0.3 is 0 Å². The number of aromatic nitrogens is 3. The summed E-state index contributed by atoms with van der Waals surface area (Å²) in [5.74, 6) is -0.0432. The third kappa shape index (κ3) is 6.09. The number of nitrogens with zero attached hydrogens (tertiary/aromatic N) is 4. The number of nitrogens with one attached hydrogen (secondary N) is 1. The Kier molecular flexibility index (Phi) is 8.01. The summed E-state index contributed by atoms with van der Waals surface area (Å²) in [6.07, 6.45) is 2.99. The summed E-state index contributed by atoms with van der Waals surface area (Å²) >= 11 is 0. The number of hydrogen-bond acceptors (Lipinski definition) is 6. The van der Waals surface area contributed by atoms with E-state index in [0.29, 0.717) is 25.1 Å². The number of benzene rings is 1. The lowest BCUT2D eigenvalue weighted by Crippen LogP contribution is -2.41. The molecule has 3 aromatic rings. The molecule has 33 heavy (non-hydrogen) atoms. The van der Waals surface area contributed by atoms with Crippen molar-refractivity contribution in [3.8, 4) is 11.8 Å². The minimum atomic E-state index is -0.359. The first-order chi connectivity index (χ1) is 15.9. The third-order valence-electron chi connectivity index (χ3n) is 5.41. The second-order valence-electron chi connectivity index (χ2n) is 7.58. The zero-order valence-electron chi connectivity index (χ0n) is 19.3. The standard InChI is InChI=1S/C24H29N5O4/c1-28-14-8-11-19(28)23(30)25-13-12-18(15-17-9-6-5-7-10-17)29(2)24(31)22-26-20(32-3)16-21(27-22)33-4/h5-11,14,16,18H,12-13,15H2,1-4H3,(H,25,30)/t18-/m1/s1. The number of aryl methyl sites for hydroxylation is 1. The fourth-order valence-corrected chi connectivity index (χ4v) is 3.49. The van der Waals surface area contributed by atoms with Crippen molar-refractivity contribution < 1.29 is 19.1 Å². The van der Waals surface area contributed by atoms with Crippen LogP contribution >= 0.6 is 0 Å². The highest BCUT2D eigenvalue weighted by atomic mass is 16.5. The summed E-state index contributed by atoms with van der Waals surface area (Å²) in [5, 5.41) is 2.94. The van der Waals surface area contributed by atoms with E-state index < -0.39 is 0 Å². The van der Waals surface area contributed by atoms with Crippen LogP contribution in [0.3, 0.4) is 0 Å². The number of carbonyl (C=O) groups excluding carboxylic acids is 2. The van der Waals surface area contributed by atoms with Crippen molar-refractivity contribution in [1.29, 1.82) is 0 Å². The predicted octanol–water partition coefficient (Wildman–Crippen LogP) is 2.34. The van der Waals surface area contributed by atoms with Crippen LogP contribution < -0.4 is 14.8 Å². The van der Waals surface area contributed by atoms with Crippen molar-refractivity contribution in [3.05, 3.63) is 71.8 Å². The molecule has 0 fully saturated rings. The van der Waals surface area contributed by atoms with Crippen LogP contribution in [0.25, 0.3) is 0 Å². The summed E-state index contributed by atoms with van der Waals surface area (Å²) in [5.41, 5.74) is 1.66. The lowest BCUT2D eigenvalue weighted by molar-refractivity contribution is 0.0708. The van der Waals surface area contributed by atoms with E-state index in [-0.39, 0.29) is 35.4 Å². The zero-order valence-corrected chi connectivity index (χ0v) is 19.3. The van der Waals surface area contributed by atoms with Gasteiger partial charge in [0.05, 0.1) is 20.3 Å². The molecule has 0 aliphatic carbocycles. The van der Waals surface area contributed by atoms with Crippen molar-refractivity contribution in [3.63, 3.8) is 0 Å². The quantitative estimate of drug-likeness (QED) is 0.508. The first-order valence-corrected chi connectivity index (χ1v) is 10.6. The molecule has 0 aliphatic heterocycles. The molecule has 174 valence electrons. The summed E-state index contributed by atoms with van der Waals surface area (Å²) in [6, 6.07) is 14.8. The SMILES string of the molecule is COc1cc(OC)nc(C(=O)N(C)[C@H](CCNC(=O)c2cccn2C)Cc2ccccc2)n1. The lowest BCUT2D eigenvalue weighted by atomic mass is 10.0. The van der Waals surface area contributed by atoms with E-state index in [2.05, 4.69) is 15.3 Å². The number of likely N-dealkylation sites (N-methyl/N-ethyl adjacent to an activating group) is 1. The topological polar surface area (TPSA) is 98.6 Å². The normalized spacial score (nSPS) is 11.5.